The minimum Gasteiger partial charge on any atom is -0.496 e. The van der Waals surface area contributed by atoms with Crippen LogP contribution in [0, 0.1) is 0 Å². The van der Waals surface area contributed by atoms with Crippen LogP contribution in [-0.4, -0.2) is 29.3 Å². The predicted molar refractivity (Wildman–Crippen MR) is 171 cm³/mol. The van der Waals surface area contributed by atoms with E-state index in [0.29, 0.717) is 48.0 Å². The zero-order valence-corrected chi connectivity index (χ0v) is 26.3. The van der Waals surface area contributed by atoms with E-state index in [2.05, 4.69) is 9.56 Å². The number of hydrogen-bond acceptors (Lipinski definition) is 6. The molecule has 0 spiro atoms. The van der Waals surface area contributed by atoms with Gasteiger partial charge in [0.05, 0.1) is 30.0 Å². The van der Waals surface area contributed by atoms with E-state index >= 15 is 0 Å². The maximum absolute atomic E-state index is 14.2. The number of nitrogens with zero attached hydrogens (tertiary/aromatic N) is 3. The van der Waals surface area contributed by atoms with Gasteiger partial charge in [-0.1, -0.05) is 70.4 Å². The fourth-order valence-electron chi connectivity index (χ4n) is 5.40. The van der Waals surface area contributed by atoms with Crippen molar-refractivity contribution < 1.29 is 14.3 Å². The normalized spacial score (nSPS) is 15.0. The molecule has 7 nitrogen and oxygen atoms in total. The third kappa shape index (κ3) is 5.29. The summed E-state index contributed by atoms with van der Waals surface area (Å²) < 4.78 is 14.8. The summed E-state index contributed by atoms with van der Waals surface area (Å²) in [6.45, 7) is 2.24. The maximum Gasteiger partial charge on any atom is 0.338 e. The SMILES string of the molecule is COC(=O)C1=C(C)N=c2s/c(=C\c3cn(Cc4ccc(Cl)cc4Cl)c4ccccc34)c(=O)n2[C@@H]1c1cc(Cl)ccc1OC. The molecule has 3 aromatic carbocycles. The number of esters is 1. The molecular formula is C32H24Cl3N3O4S. The number of para-hydroxylation sites is 1. The highest BCUT2D eigenvalue weighted by Gasteiger charge is 2.35. The van der Waals surface area contributed by atoms with Gasteiger partial charge in [-0.2, -0.15) is 0 Å². The van der Waals surface area contributed by atoms with Gasteiger partial charge < -0.3 is 14.0 Å². The number of hydrogen-bond donors (Lipinski definition) is 0. The molecule has 3 heterocycles. The molecule has 5 aromatic rings. The van der Waals surface area contributed by atoms with E-state index in [1.165, 1.54) is 30.1 Å². The Hall–Kier alpha value is -3.82. The fraction of sp³-hybridized carbons (Fsp3) is 0.156. The van der Waals surface area contributed by atoms with E-state index in [0.717, 1.165) is 22.0 Å². The second-order valence-corrected chi connectivity index (χ2v) is 12.2. The van der Waals surface area contributed by atoms with Crippen LogP contribution in [0.5, 0.6) is 5.75 Å². The number of methoxy groups -OCH3 is 2. The van der Waals surface area contributed by atoms with Crippen LogP contribution in [0.25, 0.3) is 17.0 Å². The number of benzene rings is 3. The number of ether oxygens (including phenoxy) is 2. The topological polar surface area (TPSA) is 74.8 Å². The molecule has 0 saturated heterocycles. The van der Waals surface area contributed by atoms with Crippen LogP contribution in [0.15, 0.2) is 87.9 Å². The quantitative estimate of drug-likeness (QED) is 0.200. The molecule has 0 fully saturated rings. The van der Waals surface area contributed by atoms with Crippen molar-refractivity contribution in [2.45, 2.75) is 19.5 Å². The van der Waals surface area contributed by atoms with Gasteiger partial charge in [-0.25, -0.2) is 9.79 Å². The molecule has 0 N–H and O–H groups in total. The van der Waals surface area contributed by atoms with Gasteiger partial charge in [-0.3, -0.25) is 9.36 Å². The molecule has 43 heavy (non-hydrogen) atoms. The monoisotopic (exact) mass is 651 g/mol. The first-order chi connectivity index (χ1) is 20.7. The summed E-state index contributed by atoms with van der Waals surface area (Å²) in [7, 11) is 2.82. The van der Waals surface area contributed by atoms with Crippen molar-refractivity contribution in [3.63, 3.8) is 0 Å². The summed E-state index contributed by atoms with van der Waals surface area (Å²) in [6.07, 6.45) is 3.85. The summed E-state index contributed by atoms with van der Waals surface area (Å²) in [4.78, 5) is 32.3. The van der Waals surface area contributed by atoms with E-state index < -0.39 is 12.0 Å². The molecule has 1 aliphatic rings. The molecule has 0 unspecified atom stereocenters. The average molecular weight is 653 g/mol. The third-order valence-electron chi connectivity index (χ3n) is 7.38. The Kier molecular flexibility index (Phi) is 7.96. The second-order valence-electron chi connectivity index (χ2n) is 9.92. The first-order valence-corrected chi connectivity index (χ1v) is 15.1. The molecule has 0 bridgehead atoms. The van der Waals surface area contributed by atoms with E-state index in [4.69, 9.17) is 44.3 Å². The lowest BCUT2D eigenvalue weighted by atomic mass is 9.95. The van der Waals surface area contributed by atoms with Gasteiger partial charge in [0.25, 0.3) is 5.56 Å². The summed E-state index contributed by atoms with van der Waals surface area (Å²) >= 11 is 20.2. The Morgan fingerprint density at radius 1 is 1.05 bits per heavy atom. The largest absolute Gasteiger partial charge is 0.496 e. The third-order valence-corrected chi connectivity index (χ3v) is 9.18. The van der Waals surface area contributed by atoms with E-state index in [9.17, 15) is 9.59 Å². The lowest BCUT2D eigenvalue weighted by molar-refractivity contribution is -0.136. The van der Waals surface area contributed by atoms with Crippen molar-refractivity contribution in [2.75, 3.05) is 14.2 Å². The van der Waals surface area contributed by atoms with Crippen molar-refractivity contribution in [3.8, 4) is 5.75 Å². The molecule has 0 aliphatic carbocycles. The molecular weight excluding hydrogens is 629 g/mol. The van der Waals surface area contributed by atoms with Crippen molar-refractivity contribution in [3.05, 3.63) is 130 Å². The van der Waals surface area contributed by atoms with Crippen LogP contribution < -0.4 is 19.6 Å². The molecule has 2 aromatic heterocycles. The van der Waals surface area contributed by atoms with Crippen LogP contribution in [0.3, 0.4) is 0 Å². The van der Waals surface area contributed by atoms with Gasteiger partial charge in [-0.05, 0) is 55.0 Å². The van der Waals surface area contributed by atoms with Gasteiger partial charge in [0, 0.05) is 49.8 Å². The van der Waals surface area contributed by atoms with Gasteiger partial charge in [0.1, 0.15) is 11.8 Å². The van der Waals surface area contributed by atoms with Crippen LogP contribution in [-0.2, 0) is 16.1 Å². The maximum atomic E-state index is 14.2. The van der Waals surface area contributed by atoms with E-state index in [1.54, 1.807) is 31.2 Å². The Bertz CT molecular complexity index is 2150. The summed E-state index contributed by atoms with van der Waals surface area (Å²) in [5.74, 6) is -0.115. The number of fused-ring (bicyclic) bond motifs is 2. The van der Waals surface area contributed by atoms with Gasteiger partial charge in [0.15, 0.2) is 4.80 Å². The minimum atomic E-state index is -0.854. The lowest BCUT2D eigenvalue weighted by Crippen LogP contribution is -2.40. The molecule has 218 valence electrons. The number of aromatic nitrogens is 2. The highest BCUT2D eigenvalue weighted by molar-refractivity contribution is 7.07. The zero-order valence-electron chi connectivity index (χ0n) is 23.2. The number of carbonyl (C=O) groups excluding carboxylic acids is 1. The fourth-order valence-corrected chi connectivity index (χ4v) is 7.09. The highest BCUT2D eigenvalue weighted by atomic mass is 35.5. The molecule has 0 radical (unpaired) electrons. The smallest absolute Gasteiger partial charge is 0.338 e. The predicted octanol–water partition coefficient (Wildman–Crippen LogP) is 6.38. The number of allylic oxidation sites excluding steroid dienone is 1. The van der Waals surface area contributed by atoms with E-state index in [-0.39, 0.29) is 11.1 Å². The lowest BCUT2D eigenvalue weighted by Gasteiger charge is -2.25. The van der Waals surface area contributed by atoms with Crippen molar-refractivity contribution in [1.29, 1.82) is 0 Å². The Balaban J connectivity index is 1.55. The molecule has 1 aliphatic heterocycles. The summed E-state index contributed by atoms with van der Waals surface area (Å²) in [5.41, 5.74) is 3.68. The number of carbonyl (C=O) groups is 1. The zero-order chi connectivity index (χ0) is 30.4. The van der Waals surface area contributed by atoms with Crippen LogP contribution in [0.4, 0.5) is 0 Å². The van der Waals surface area contributed by atoms with Gasteiger partial charge in [-0.15, -0.1) is 0 Å². The Morgan fingerprint density at radius 2 is 1.79 bits per heavy atom. The highest BCUT2D eigenvalue weighted by Crippen LogP contribution is 2.37. The van der Waals surface area contributed by atoms with Crippen LogP contribution in [0.1, 0.15) is 29.7 Å². The number of halogens is 3. The summed E-state index contributed by atoms with van der Waals surface area (Å²) in [5, 5.41) is 2.55. The second kappa shape index (κ2) is 11.7. The number of thiazole rings is 1. The molecule has 6 rings (SSSR count). The molecule has 0 saturated carbocycles. The van der Waals surface area contributed by atoms with Crippen molar-refractivity contribution in [1.82, 2.24) is 9.13 Å². The van der Waals surface area contributed by atoms with Crippen molar-refractivity contribution in [2.24, 2.45) is 4.99 Å². The summed E-state index contributed by atoms with van der Waals surface area (Å²) in [6, 6.07) is 17.6. The molecule has 11 heteroatoms. The van der Waals surface area contributed by atoms with Crippen LogP contribution in [0.2, 0.25) is 15.1 Å². The molecule has 0 amide bonds. The van der Waals surface area contributed by atoms with Gasteiger partial charge in [0.2, 0.25) is 0 Å². The van der Waals surface area contributed by atoms with Gasteiger partial charge >= 0.3 is 5.97 Å². The Morgan fingerprint density at radius 3 is 2.53 bits per heavy atom. The first kappa shape index (κ1) is 29.3. The Labute approximate surface area is 265 Å². The average Bonchev–Trinajstić information content (AvgIpc) is 3.49. The first-order valence-electron chi connectivity index (χ1n) is 13.2. The standard InChI is InChI=1S/C32H24Cl3N3O4S/c1-17-28(31(40)42-3)29(23-13-20(33)10-11-26(23)41-2)38-30(39)27(43-32(38)36-17)12-19-16-37(25-7-5-4-6-22(19)25)15-18-8-9-21(34)14-24(18)35/h4-14,16,29H,15H2,1-3H3/b27-12-/t29-/m1/s1. The minimum absolute atomic E-state index is 0.235. The number of rotatable bonds is 6. The van der Waals surface area contributed by atoms with Crippen molar-refractivity contribution >= 4 is 69.1 Å². The van der Waals surface area contributed by atoms with Crippen LogP contribution >= 0.6 is 46.1 Å². The molecule has 1 atom stereocenters. The van der Waals surface area contributed by atoms with E-state index in [1.807, 2.05) is 48.7 Å².